The highest BCUT2D eigenvalue weighted by molar-refractivity contribution is 6.16. The molecule has 1 aromatic heterocycles. The first-order valence-corrected chi connectivity index (χ1v) is 17.5. The van der Waals surface area contributed by atoms with Crippen LogP contribution in [0.2, 0.25) is 0 Å². The van der Waals surface area contributed by atoms with E-state index in [4.69, 9.17) is 4.99 Å². The van der Waals surface area contributed by atoms with Crippen molar-refractivity contribution in [2.24, 2.45) is 4.99 Å². The van der Waals surface area contributed by atoms with Crippen LogP contribution in [0.3, 0.4) is 0 Å². The number of benzene rings is 6. The lowest BCUT2D eigenvalue weighted by atomic mass is 9.78. The van der Waals surface area contributed by atoms with Crippen molar-refractivity contribution in [3.05, 3.63) is 180 Å². The van der Waals surface area contributed by atoms with Gasteiger partial charge in [0.15, 0.2) is 0 Å². The molecule has 49 heavy (non-hydrogen) atoms. The quantitative estimate of drug-likeness (QED) is 0.158. The van der Waals surface area contributed by atoms with E-state index in [2.05, 4.69) is 184 Å². The maximum atomic E-state index is 5.29. The molecule has 0 fully saturated rings. The van der Waals surface area contributed by atoms with Gasteiger partial charge in [-0.25, -0.2) is 0 Å². The smallest absolute Gasteiger partial charge is 0.0682 e. The van der Waals surface area contributed by atoms with Crippen molar-refractivity contribution in [3.8, 4) is 11.1 Å². The van der Waals surface area contributed by atoms with Crippen LogP contribution >= 0.6 is 0 Å². The zero-order valence-electron chi connectivity index (χ0n) is 28.8. The summed E-state index contributed by atoms with van der Waals surface area (Å²) in [5.74, 6) is 0.0690. The Morgan fingerprint density at radius 2 is 1.33 bits per heavy atom. The van der Waals surface area contributed by atoms with Crippen LogP contribution in [0.25, 0.3) is 38.5 Å². The second-order valence-corrected chi connectivity index (χ2v) is 14.0. The molecule has 2 nitrogen and oxygen atoms in total. The van der Waals surface area contributed by atoms with E-state index in [-0.39, 0.29) is 17.4 Å². The molecular formula is C47H42N2. The lowest BCUT2D eigenvalue weighted by Crippen LogP contribution is -2.26. The Labute approximate surface area is 290 Å². The lowest BCUT2D eigenvalue weighted by molar-refractivity contribution is 0.515. The second-order valence-electron chi connectivity index (χ2n) is 14.0. The molecule has 240 valence electrons. The van der Waals surface area contributed by atoms with Crippen LogP contribution in [0.1, 0.15) is 73.9 Å². The third kappa shape index (κ3) is 5.14. The van der Waals surface area contributed by atoms with E-state index in [1.54, 1.807) is 0 Å². The Morgan fingerprint density at radius 3 is 2.08 bits per heavy atom. The van der Waals surface area contributed by atoms with Gasteiger partial charge in [-0.05, 0) is 76.1 Å². The highest BCUT2D eigenvalue weighted by Gasteiger charge is 2.37. The van der Waals surface area contributed by atoms with Crippen molar-refractivity contribution < 1.29 is 0 Å². The summed E-state index contributed by atoms with van der Waals surface area (Å²) in [5.41, 5.74) is 14.4. The van der Waals surface area contributed by atoms with Gasteiger partial charge in [0.1, 0.15) is 0 Å². The van der Waals surface area contributed by atoms with Gasteiger partial charge in [0.2, 0.25) is 0 Å². The summed E-state index contributed by atoms with van der Waals surface area (Å²) in [6.07, 6.45) is 0.905. The van der Waals surface area contributed by atoms with Gasteiger partial charge in [-0.2, -0.15) is 0 Å². The number of hydrogen-bond donors (Lipinski definition) is 0. The molecule has 0 radical (unpaired) electrons. The fraction of sp³-hybridized carbons (Fsp3) is 0.170. The van der Waals surface area contributed by atoms with E-state index >= 15 is 0 Å². The summed E-state index contributed by atoms with van der Waals surface area (Å²) >= 11 is 0. The van der Waals surface area contributed by atoms with Gasteiger partial charge >= 0.3 is 0 Å². The Kier molecular flexibility index (Phi) is 7.68. The number of nitrogens with zero attached hydrogens (tertiary/aromatic N) is 2. The Hall–Kier alpha value is -5.47. The molecule has 0 bridgehead atoms. The Bertz CT molecular complexity index is 2370. The second kappa shape index (κ2) is 12.2. The van der Waals surface area contributed by atoms with Gasteiger partial charge in [0.25, 0.3) is 0 Å². The fourth-order valence-electron chi connectivity index (χ4n) is 8.16. The zero-order chi connectivity index (χ0) is 33.7. The number of hydrogen-bond acceptors (Lipinski definition) is 1. The number of rotatable bonds is 8. The fourth-order valence-corrected chi connectivity index (χ4v) is 8.16. The molecular weight excluding hydrogens is 593 g/mol. The van der Waals surface area contributed by atoms with E-state index in [1.807, 2.05) is 0 Å². The molecule has 2 heterocycles. The average molecular weight is 635 g/mol. The molecule has 7 aromatic rings. The van der Waals surface area contributed by atoms with Crippen molar-refractivity contribution >= 4 is 38.8 Å². The largest absolute Gasteiger partial charge is 0.337 e. The minimum Gasteiger partial charge on any atom is -0.337 e. The van der Waals surface area contributed by atoms with Gasteiger partial charge in [0.05, 0.1) is 11.4 Å². The van der Waals surface area contributed by atoms with Gasteiger partial charge in [-0.1, -0.05) is 155 Å². The van der Waals surface area contributed by atoms with Gasteiger partial charge in [0, 0.05) is 39.2 Å². The van der Waals surface area contributed by atoms with Crippen molar-refractivity contribution in [2.75, 3.05) is 0 Å². The molecule has 0 amide bonds. The summed E-state index contributed by atoms with van der Waals surface area (Å²) < 4.78 is 2.60. The summed E-state index contributed by atoms with van der Waals surface area (Å²) in [5, 5.41) is 2.51. The minimum atomic E-state index is -0.232. The van der Waals surface area contributed by atoms with E-state index in [9.17, 15) is 0 Å². The van der Waals surface area contributed by atoms with Crippen LogP contribution in [0.5, 0.6) is 0 Å². The molecule has 1 unspecified atom stereocenters. The molecule has 0 aliphatic carbocycles. The molecule has 8 rings (SSSR count). The highest BCUT2D eigenvalue weighted by Crippen LogP contribution is 2.48. The maximum Gasteiger partial charge on any atom is 0.0682 e. The van der Waals surface area contributed by atoms with Crippen LogP contribution in [0, 0.1) is 0 Å². The number of para-hydroxylation sites is 1. The molecule has 0 spiro atoms. The van der Waals surface area contributed by atoms with Crippen LogP contribution in [0.4, 0.5) is 5.69 Å². The minimum absolute atomic E-state index is 0.0690. The standard InChI is InChI=1S/C47H42N2/c1-6-31(2)37-24-13-14-26-39(37)45(36-23-17-22-35(28-36)33-18-9-7-10-19-33)32(3)49-43-27-16-15-25-38(43)40-29-42-41(30-44(40)49)47(4,5)46(48-42)34-20-11-8-12-21-34/h7-30,32,45H,2,6H2,1,3-5H3/t32?,45-/m1/s1. The molecule has 0 saturated heterocycles. The third-order valence-electron chi connectivity index (χ3n) is 10.7. The molecule has 1 aliphatic rings. The molecule has 2 atom stereocenters. The monoisotopic (exact) mass is 634 g/mol. The van der Waals surface area contributed by atoms with E-state index in [1.165, 1.54) is 66.3 Å². The lowest BCUT2D eigenvalue weighted by Gasteiger charge is -2.31. The van der Waals surface area contributed by atoms with Crippen molar-refractivity contribution in [3.63, 3.8) is 0 Å². The number of aromatic nitrogens is 1. The number of aliphatic imine (C=N–C) groups is 1. The first kappa shape index (κ1) is 30.8. The van der Waals surface area contributed by atoms with Crippen LogP contribution in [-0.4, -0.2) is 10.3 Å². The van der Waals surface area contributed by atoms with E-state index in [0.29, 0.717) is 0 Å². The number of fused-ring (bicyclic) bond motifs is 4. The van der Waals surface area contributed by atoms with Crippen LogP contribution in [0.15, 0.2) is 157 Å². The van der Waals surface area contributed by atoms with E-state index in [0.717, 1.165) is 17.8 Å². The Morgan fingerprint density at radius 1 is 0.673 bits per heavy atom. The molecule has 0 N–H and O–H groups in total. The van der Waals surface area contributed by atoms with Gasteiger partial charge < -0.3 is 4.57 Å². The molecule has 6 aromatic carbocycles. The summed E-state index contributed by atoms with van der Waals surface area (Å²) in [6.45, 7) is 13.8. The summed E-state index contributed by atoms with van der Waals surface area (Å²) in [6, 6.07) is 53.2. The van der Waals surface area contributed by atoms with E-state index < -0.39 is 0 Å². The van der Waals surface area contributed by atoms with Crippen molar-refractivity contribution in [1.29, 1.82) is 0 Å². The Balaban J connectivity index is 1.36. The third-order valence-corrected chi connectivity index (χ3v) is 10.7. The first-order chi connectivity index (χ1) is 23.9. The first-order valence-electron chi connectivity index (χ1n) is 17.5. The summed E-state index contributed by atoms with van der Waals surface area (Å²) in [7, 11) is 0. The van der Waals surface area contributed by atoms with Gasteiger partial charge in [-0.15, -0.1) is 0 Å². The zero-order valence-corrected chi connectivity index (χ0v) is 28.8. The summed E-state index contributed by atoms with van der Waals surface area (Å²) in [4.78, 5) is 5.29. The molecule has 2 heteroatoms. The van der Waals surface area contributed by atoms with Gasteiger partial charge in [-0.3, -0.25) is 4.99 Å². The van der Waals surface area contributed by atoms with Crippen LogP contribution < -0.4 is 0 Å². The molecule has 1 aliphatic heterocycles. The topological polar surface area (TPSA) is 17.3 Å². The normalized spacial score (nSPS) is 14.8. The molecule has 0 saturated carbocycles. The number of allylic oxidation sites excluding steroid dienone is 1. The van der Waals surface area contributed by atoms with Crippen molar-refractivity contribution in [2.45, 2.75) is 51.5 Å². The highest BCUT2D eigenvalue weighted by atomic mass is 15.0. The predicted molar refractivity (Wildman–Crippen MR) is 209 cm³/mol. The van der Waals surface area contributed by atoms with Crippen molar-refractivity contribution in [1.82, 2.24) is 4.57 Å². The average Bonchev–Trinajstić information content (AvgIpc) is 3.61. The predicted octanol–water partition coefficient (Wildman–Crippen LogP) is 12.7. The van der Waals surface area contributed by atoms with Crippen LogP contribution in [-0.2, 0) is 5.41 Å². The SMILES string of the molecule is C=C(CC)c1ccccc1[C@@H](c1cccc(-c2ccccc2)c1)C(C)n1c2ccccc2c2cc3c(cc21)C(C)(C)C(c1ccccc1)=N3. The maximum absolute atomic E-state index is 5.29.